The molecule has 0 atom stereocenters. The van der Waals surface area contributed by atoms with Gasteiger partial charge in [0.1, 0.15) is 17.1 Å². The molecule has 20 heavy (non-hydrogen) atoms. The van der Waals surface area contributed by atoms with Crippen molar-refractivity contribution in [2.24, 2.45) is 0 Å². The second kappa shape index (κ2) is 5.92. The fourth-order valence-electron chi connectivity index (χ4n) is 1.86. The molecular formula is C14H15N3O3. The van der Waals surface area contributed by atoms with Gasteiger partial charge >= 0.3 is 5.69 Å². The van der Waals surface area contributed by atoms with E-state index in [1.54, 1.807) is 24.3 Å². The summed E-state index contributed by atoms with van der Waals surface area (Å²) in [6.07, 6.45) is 0. The van der Waals surface area contributed by atoms with E-state index in [1.807, 2.05) is 19.1 Å². The van der Waals surface area contributed by atoms with Crippen molar-refractivity contribution in [1.29, 1.82) is 0 Å². The highest BCUT2D eigenvalue weighted by Gasteiger charge is 2.18. The van der Waals surface area contributed by atoms with Crippen molar-refractivity contribution in [3.8, 4) is 5.75 Å². The minimum Gasteiger partial charge on any atom is -0.492 e. The lowest BCUT2D eigenvalue weighted by Gasteiger charge is -2.12. The topological polar surface area (TPSA) is 90.4 Å². The Hall–Kier alpha value is -2.76. The Bertz CT molecular complexity index is 629. The van der Waals surface area contributed by atoms with E-state index < -0.39 is 4.92 Å². The van der Waals surface area contributed by atoms with E-state index in [9.17, 15) is 10.1 Å². The van der Waals surface area contributed by atoms with E-state index in [4.69, 9.17) is 10.5 Å². The highest BCUT2D eigenvalue weighted by Crippen LogP contribution is 2.35. The number of para-hydroxylation sites is 3. The summed E-state index contributed by atoms with van der Waals surface area (Å²) in [5, 5.41) is 14.1. The third-order valence-electron chi connectivity index (χ3n) is 2.71. The third-order valence-corrected chi connectivity index (χ3v) is 2.71. The van der Waals surface area contributed by atoms with Crippen molar-refractivity contribution in [2.75, 3.05) is 17.7 Å². The quantitative estimate of drug-likeness (QED) is 0.495. The van der Waals surface area contributed by atoms with Crippen LogP contribution in [0.4, 0.5) is 22.7 Å². The van der Waals surface area contributed by atoms with Gasteiger partial charge in [-0.15, -0.1) is 0 Å². The van der Waals surface area contributed by atoms with E-state index in [-0.39, 0.29) is 11.4 Å². The number of ether oxygens (including phenoxy) is 1. The van der Waals surface area contributed by atoms with Crippen LogP contribution in [0.3, 0.4) is 0 Å². The van der Waals surface area contributed by atoms with Gasteiger partial charge in [-0.1, -0.05) is 18.2 Å². The smallest absolute Gasteiger partial charge is 0.315 e. The maximum atomic E-state index is 11.1. The molecule has 0 aliphatic rings. The van der Waals surface area contributed by atoms with Crippen molar-refractivity contribution in [2.45, 2.75) is 6.92 Å². The zero-order valence-electron chi connectivity index (χ0n) is 11.0. The Morgan fingerprint density at radius 2 is 1.90 bits per heavy atom. The lowest BCUT2D eigenvalue weighted by Crippen LogP contribution is -2.02. The number of hydrogen-bond acceptors (Lipinski definition) is 5. The highest BCUT2D eigenvalue weighted by molar-refractivity contribution is 5.79. The van der Waals surface area contributed by atoms with Crippen molar-refractivity contribution in [3.05, 3.63) is 52.6 Å². The van der Waals surface area contributed by atoms with Crippen LogP contribution in [0.2, 0.25) is 0 Å². The van der Waals surface area contributed by atoms with Gasteiger partial charge in [0.15, 0.2) is 0 Å². The summed E-state index contributed by atoms with van der Waals surface area (Å²) in [7, 11) is 0. The van der Waals surface area contributed by atoms with E-state index >= 15 is 0 Å². The van der Waals surface area contributed by atoms with Crippen LogP contribution in [-0.2, 0) is 0 Å². The number of nitrogens with one attached hydrogen (secondary N) is 1. The van der Waals surface area contributed by atoms with Crippen LogP contribution in [0.1, 0.15) is 6.92 Å². The summed E-state index contributed by atoms with van der Waals surface area (Å²) >= 11 is 0. The molecule has 0 unspecified atom stereocenters. The second-order valence-corrected chi connectivity index (χ2v) is 4.05. The number of nitrogen functional groups attached to an aromatic ring is 1. The Morgan fingerprint density at radius 1 is 1.20 bits per heavy atom. The molecule has 6 heteroatoms. The molecule has 0 bridgehead atoms. The van der Waals surface area contributed by atoms with Gasteiger partial charge < -0.3 is 15.8 Å². The van der Waals surface area contributed by atoms with Crippen molar-refractivity contribution >= 4 is 22.7 Å². The first-order chi connectivity index (χ1) is 9.63. The number of nitrogens with zero attached hydrogens (tertiary/aromatic N) is 1. The van der Waals surface area contributed by atoms with Gasteiger partial charge in [-0.2, -0.15) is 0 Å². The van der Waals surface area contributed by atoms with Crippen LogP contribution < -0.4 is 15.8 Å². The number of rotatable bonds is 5. The number of hydrogen-bond donors (Lipinski definition) is 2. The van der Waals surface area contributed by atoms with Gasteiger partial charge in [-0.05, 0) is 31.2 Å². The van der Waals surface area contributed by atoms with Crippen LogP contribution in [-0.4, -0.2) is 11.5 Å². The van der Waals surface area contributed by atoms with E-state index in [0.29, 0.717) is 23.7 Å². The number of nitro benzene ring substituents is 1. The number of nitrogens with two attached hydrogens (primary N) is 1. The minimum atomic E-state index is -0.499. The zero-order chi connectivity index (χ0) is 14.5. The van der Waals surface area contributed by atoms with Gasteiger partial charge in [0.2, 0.25) is 0 Å². The average molecular weight is 273 g/mol. The fraction of sp³-hybridized carbons (Fsp3) is 0.143. The lowest BCUT2D eigenvalue weighted by molar-refractivity contribution is -0.383. The van der Waals surface area contributed by atoms with Crippen LogP contribution in [0.25, 0.3) is 0 Å². The predicted molar refractivity (Wildman–Crippen MR) is 78.4 cm³/mol. The van der Waals surface area contributed by atoms with Gasteiger partial charge in [-0.3, -0.25) is 10.1 Å². The number of anilines is 3. The van der Waals surface area contributed by atoms with Gasteiger partial charge in [0.25, 0.3) is 0 Å². The van der Waals surface area contributed by atoms with Crippen LogP contribution >= 0.6 is 0 Å². The molecular weight excluding hydrogens is 258 g/mol. The first-order valence-electron chi connectivity index (χ1n) is 6.15. The molecule has 0 fully saturated rings. The Labute approximate surface area is 116 Å². The standard InChI is InChI=1S/C14H15N3O3/c1-2-20-13-9-4-3-7-11(13)16-12-8-5-6-10(15)14(12)17(18)19/h3-9,16H,2,15H2,1H3. The first-order valence-corrected chi connectivity index (χ1v) is 6.15. The summed E-state index contributed by atoms with van der Waals surface area (Å²) in [5.41, 5.74) is 6.63. The van der Waals surface area contributed by atoms with Crippen molar-refractivity contribution < 1.29 is 9.66 Å². The molecule has 104 valence electrons. The Morgan fingerprint density at radius 3 is 2.60 bits per heavy atom. The minimum absolute atomic E-state index is 0.119. The number of nitro groups is 1. The van der Waals surface area contributed by atoms with Crippen LogP contribution in [0, 0.1) is 10.1 Å². The van der Waals surface area contributed by atoms with Gasteiger partial charge in [0.05, 0.1) is 17.2 Å². The van der Waals surface area contributed by atoms with E-state index in [1.165, 1.54) is 6.07 Å². The molecule has 0 amide bonds. The normalized spacial score (nSPS) is 10.1. The van der Waals surface area contributed by atoms with E-state index in [2.05, 4.69) is 5.32 Å². The Balaban J connectivity index is 2.40. The number of benzene rings is 2. The maximum absolute atomic E-state index is 11.1. The van der Waals surface area contributed by atoms with Crippen LogP contribution in [0.15, 0.2) is 42.5 Å². The van der Waals surface area contributed by atoms with Crippen molar-refractivity contribution in [3.63, 3.8) is 0 Å². The molecule has 2 rings (SSSR count). The molecule has 0 aliphatic carbocycles. The molecule has 0 heterocycles. The average Bonchev–Trinajstić information content (AvgIpc) is 2.41. The molecule has 0 radical (unpaired) electrons. The summed E-state index contributed by atoms with van der Waals surface area (Å²) < 4.78 is 5.48. The molecule has 6 nitrogen and oxygen atoms in total. The SMILES string of the molecule is CCOc1ccccc1Nc1cccc(N)c1[N+](=O)[O-]. The second-order valence-electron chi connectivity index (χ2n) is 4.05. The lowest BCUT2D eigenvalue weighted by atomic mass is 10.2. The third kappa shape index (κ3) is 2.80. The van der Waals surface area contributed by atoms with E-state index in [0.717, 1.165) is 0 Å². The molecule has 3 N–H and O–H groups in total. The van der Waals surface area contributed by atoms with Crippen molar-refractivity contribution in [1.82, 2.24) is 0 Å². The monoisotopic (exact) mass is 273 g/mol. The molecule has 0 saturated carbocycles. The molecule has 0 aliphatic heterocycles. The van der Waals surface area contributed by atoms with Gasteiger partial charge in [0, 0.05) is 0 Å². The summed E-state index contributed by atoms with van der Waals surface area (Å²) in [6.45, 7) is 2.39. The summed E-state index contributed by atoms with van der Waals surface area (Å²) in [4.78, 5) is 10.6. The molecule has 2 aromatic rings. The molecule has 2 aromatic carbocycles. The highest BCUT2D eigenvalue weighted by atomic mass is 16.6. The van der Waals surface area contributed by atoms with Crippen LogP contribution in [0.5, 0.6) is 5.75 Å². The Kier molecular flexibility index (Phi) is 4.05. The summed E-state index contributed by atoms with van der Waals surface area (Å²) in [5.74, 6) is 0.631. The summed E-state index contributed by atoms with van der Waals surface area (Å²) in [6, 6.07) is 12.0. The van der Waals surface area contributed by atoms with Gasteiger partial charge in [-0.25, -0.2) is 0 Å². The zero-order valence-corrected chi connectivity index (χ0v) is 11.0. The predicted octanol–water partition coefficient (Wildman–Crippen LogP) is 3.32. The fourth-order valence-corrected chi connectivity index (χ4v) is 1.86. The molecule has 0 saturated heterocycles. The maximum Gasteiger partial charge on any atom is 0.315 e. The molecule has 0 spiro atoms. The first kappa shape index (κ1) is 13.7. The largest absolute Gasteiger partial charge is 0.492 e. The molecule has 0 aromatic heterocycles.